The third-order valence-electron chi connectivity index (χ3n) is 3.88. The van der Waals surface area contributed by atoms with Crippen LogP contribution in [0.1, 0.15) is 67.9 Å². The first kappa shape index (κ1) is 19.6. The SMILES string of the molecule is CC(=O)c1c(-c2cccs2)cc(C(C)C)c(OS(N)(=O)=O)c1C(C)C. The van der Waals surface area contributed by atoms with Crippen molar-refractivity contribution in [3.05, 3.63) is 40.3 Å². The summed E-state index contributed by atoms with van der Waals surface area (Å²) < 4.78 is 28.4. The average molecular weight is 382 g/mol. The van der Waals surface area contributed by atoms with E-state index in [2.05, 4.69) is 0 Å². The van der Waals surface area contributed by atoms with Gasteiger partial charge in [-0.15, -0.1) is 11.3 Å². The zero-order valence-corrected chi connectivity index (χ0v) is 16.6. The fraction of sp³-hybridized carbons (Fsp3) is 0.389. The van der Waals surface area contributed by atoms with E-state index in [-0.39, 0.29) is 23.4 Å². The minimum atomic E-state index is -4.21. The Morgan fingerprint density at radius 3 is 2.24 bits per heavy atom. The lowest BCUT2D eigenvalue weighted by molar-refractivity contribution is 0.101. The molecule has 0 aliphatic heterocycles. The van der Waals surface area contributed by atoms with Crippen molar-refractivity contribution in [1.82, 2.24) is 0 Å². The minimum Gasteiger partial charge on any atom is -0.370 e. The molecule has 1 aromatic carbocycles. The summed E-state index contributed by atoms with van der Waals surface area (Å²) >= 11 is 1.53. The van der Waals surface area contributed by atoms with Gasteiger partial charge in [-0.1, -0.05) is 33.8 Å². The molecule has 0 aliphatic carbocycles. The highest BCUT2D eigenvalue weighted by Crippen LogP contribution is 2.43. The van der Waals surface area contributed by atoms with Crippen molar-refractivity contribution >= 4 is 27.4 Å². The normalized spacial score (nSPS) is 12.0. The summed E-state index contributed by atoms with van der Waals surface area (Å²) in [6.07, 6.45) is 0. The van der Waals surface area contributed by atoms with Gasteiger partial charge in [-0.25, -0.2) is 0 Å². The van der Waals surface area contributed by atoms with Crippen LogP contribution in [0.3, 0.4) is 0 Å². The third-order valence-corrected chi connectivity index (χ3v) is 5.18. The molecular formula is C18H23NO4S2. The molecule has 0 saturated heterocycles. The number of rotatable bonds is 6. The van der Waals surface area contributed by atoms with Gasteiger partial charge in [0.15, 0.2) is 11.5 Å². The van der Waals surface area contributed by atoms with E-state index in [1.165, 1.54) is 18.3 Å². The monoisotopic (exact) mass is 381 g/mol. The summed E-state index contributed by atoms with van der Waals surface area (Å²) in [4.78, 5) is 13.4. The Morgan fingerprint density at radius 2 is 1.84 bits per heavy atom. The molecule has 2 rings (SSSR count). The van der Waals surface area contributed by atoms with E-state index in [0.717, 1.165) is 10.4 Å². The van der Waals surface area contributed by atoms with Crippen LogP contribution < -0.4 is 9.32 Å². The number of ketones is 1. The van der Waals surface area contributed by atoms with E-state index < -0.39 is 10.3 Å². The molecule has 7 heteroatoms. The average Bonchev–Trinajstić information content (AvgIpc) is 2.97. The lowest BCUT2D eigenvalue weighted by Crippen LogP contribution is -2.22. The van der Waals surface area contributed by atoms with Gasteiger partial charge >= 0.3 is 10.3 Å². The maximum atomic E-state index is 12.5. The van der Waals surface area contributed by atoms with Crippen LogP contribution >= 0.6 is 11.3 Å². The van der Waals surface area contributed by atoms with Gasteiger partial charge < -0.3 is 4.18 Å². The first-order valence-electron chi connectivity index (χ1n) is 8.00. The van der Waals surface area contributed by atoms with Crippen molar-refractivity contribution in [2.45, 2.75) is 46.5 Å². The first-order chi connectivity index (χ1) is 11.5. The predicted molar refractivity (Wildman–Crippen MR) is 102 cm³/mol. The van der Waals surface area contributed by atoms with Crippen LogP contribution in [0, 0.1) is 0 Å². The molecule has 1 heterocycles. The van der Waals surface area contributed by atoms with Gasteiger partial charge in [0.25, 0.3) is 0 Å². The molecule has 0 atom stereocenters. The number of benzene rings is 1. The summed E-state index contributed by atoms with van der Waals surface area (Å²) in [6, 6.07) is 5.71. The molecule has 136 valence electrons. The molecule has 0 aliphatic rings. The fourth-order valence-corrected chi connectivity index (χ4v) is 4.07. The standard InChI is InChI=1S/C18H23NO4S2/c1-10(2)13-9-14(15-7-6-8-24-15)17(12(5)20)16(11(3)4)18(13)23-25(19,21)22/h6-11H,1-5H3,(H2,19,21,22). The molecule has 2 aromatic rings. The zero-order valence-electron chi connectivity index (χ0n) is 15.0. The van der Waals surface area contributed by atoms with Crippen LogP contribution in [-0.4, -0.2) is 14.2 Å². The van der Waals surface area contributed by atoms with Gasteiger partial charge in [-0.2, -0.15) is 13.6 Å². The van der Waals surface area contributed by atoms with E-state index in [9.17, 15) is 13.2 Å². The zero-order chi connectivity index (χ0) is 18.9. The molecule has 0 bridgehead atoms. The Bertz CT molecular complexity index is 882. The highest BCUT2D eigenvalue weighted by molar-refractivity contribution is 7.84. The van der Waals surface area contributed by atoms with Crippen molar-refractivity contribution in [2.24, 2.45) is 5.14 Å². The number of Topliss-reactive ketones (excluding diaryl/α,β-unsaturated/α-hetero) is 1. The maximum Gasteiger partial charge on any atom is 0.380 e. The van der Waals surface area contributed by atoms with E-state index in [1.54, 1.807) is 0 Å². The summed E-state index contributed by atoms with van der Waals surface area (Å²) in [5, 5.41) is 7.07. The smallest absolute Gasteiger partial charge is 0.370 e. The lowest BCUT2D eigenvalue weighted by Gasteiger charge is -2.23. The number of hydrogen-bond acceptors (Lipinski definition) is 5. The van der Waals surface area contributed by atoms with Crippen molar-refractivity contribution in [1.29, 1.82) is 0 Å². The van der Waals surface area contributed by atoms with Gasteiger partial charge in [0.2, 0.25) is 0 Å². The summed E-state index contributed by atoms with van der Waals surface area (Å²) in [5.41, 5.74) is 2.58. The molecule has 0 radical (unpaired) electrons. The number of carbonyl (C=O) groups is 1. The van der Waals surface area contributed by atoms with Crippen LogP contribution in [0.2, 0.25) is 0 Å². The minimum absolute atomic E-state index is 0.00558. The number of hydrogen-bond donors (Lipinski definition) is 1. The van der Waals surface area contributed by atoms with Crippen molar-refractivity contribution < 1.29 is 17.4 Å². The highest BCUT2D eigenvalue weighted by atomic mass is 32.2. The van der Waals surface area contributed by atoms with Gasteiger partial charge in [0.05, 0.1) is 0 Å². The van der Waals surface area contributed by atoms with Gasteiger partial charge in [0, 0.05) is 21.6 Å². The number of thiophene rings is 1. The second-order valence-electron chi connectivity index (χ2n) is 6.55. The van der Waals surface area contributed by atoms with Crippen molar-refractivity contribution in [3.8, 4) is 16.2 Å². The number of nitrogens with two attached hydrogens (primary N) is 1. The summed E-state index contributed by atoms with van der Waals surface area (Å²) in [5.74, 6) is -0.0817. The molecule has 0 unspecified atom stereocenters. The molecule has 2 N–H and O–H groups in total. The van der Waals surface area contributed by atoms with E-state index in [4.69, 9.17) is 9.32 Å². The van der Waals surface area contributed by atoms with Crippen LogP contribution in [0.4, 0.5) is 0 Å². The van der Waals surface area contributed by atoms with Gasteiger partial charge in [-0.3, -0.25) is 4.79 Å². The lowest BCUT2D eigenvalue weighted by atomic mass is 9.85. The van der Waals surface area contributed by atoms with Crippen LogP contribution in [0.5, 0.6) is 5.75 Å². The third kappa shape index (κ3) is 4.29. The van der Waals surface area contributed by atoms with Crippen LogP contribution in [0.15, 0.2) is 23.6 Å². The molecule has 0 saturated carbocycles. The van der Waals surface area contributed by atoms with Crippen LogP contribution in [0.25, 0.3) is 10.4 Å². The summed E-state index contributed by atoms with van der Waals surface area (Å²) in [7, 11) is -4.21. The summed E-state index contributed by atoms with van der Waals surface area (Å²) in [6.45, 7) is 9.18. The quantitative estimate of drug-likeness (QED) is 0.749. The van der Waals surface area contributed by atoms with Gasteiger partial charge in [0.1, 0.15) is 0 Å². The van der Waals surface area contributed by atoms with Gasteiger partial charge in [-0.05, 0) is 41.8 Å². The Kier molecular flexibility index (Phi) is 5.71. The molecule has 5 nitrogen and oxygen atoms in total. The molecule has 0 fully saturated rings. The van der Waals surface area contributed by atoms with E-state index >= 15 is 0 Å². The largest absolute Gasteiger partial charge is 0.380 e. The maximum absolute atomic E-state index is 12.5. The Balaban J connectivity index is 2.97. The second-order valence-corrected chi connectivity index (χ2v) is 8.65. The highest BCUT2D eigenvalue weighted by Gasteiger charge is 2.28. The molecule has 0 amide bonds. The molecule has 1 aromatic heterocycles. The Hall–Kier alpha value is -1.70. The number of carbonyl (C=O) groups excluding carboxylic acids is 1. The fourth-order valence-electron chi connectivity index (χ4n) is 2.90. The molecular weight excluding hydrogens is 358 g/mol. The predicted octanol–water partition coefficient (Wildman–Crippen LogP) is 4.45. The van der Waals surface area contributed by atoms with Crippen molar-refractivity contribution in [2.75, 3.05) is 0 Å². The first-order valence-corrected chi connectivity index (χ1v) is 10.4. The second kappa shape index (κ2) is 7.27. The van der Waals surface area contributed by atoms with E-state index in [0.29, 0.717) is 16.7 Å². The van der Waals surface area contributed by atoms with Crippen LogP contribution in [-0.2, 0) is 10.3 Å². The Morgan fingerprint density at radius 1 is 1.20 bits per heavy atom. The molecule has 25 heavy (non-hydrogen) atoms. The van der Waals surface area contributed by atoms with E-state index in [1.807, 2.05) is 51.3 Å². The van der Waals surface area contributed by atoms with Crippen molar-refractivity contribution in [3.63, 3.8) is 0 Å². The Labute approximate surface area is 153 Å². The molecule has 0 spiro atoms. The topological polar surface area (TPSA) is 86.5 Å².